The number of nitrogens with two attached hydrogens (primary N) is 1. The van der Waals surface area contributed by atoms with Crippen LogP contribution in [0.1, 0.15) is 105 Å². The van der Waals surface area contributed by atoms with Crippen LogP contribution < -0.4 is 11.1 Å². The van der Waals surface area contributed by atoms with Crippen molar-refractivity contribution in [3.63, 3.8) is 0 Å². The van der Waals surface area contributed by atoms with Gasteiger partial charge in [0.2, 0.25) is 15.9 Å². The summed E-state index contributed by atoms with van der Waals surface area (Å²) in [6, 6.07) is 3.12. The van der Waals surface area contributed by atoms with Gasteiger partial charge in [0.15, 0.2) is 6.29 Å². The van der Waals surface area contributed by atoms with E-state index in [1.165, 1.54) is 31.3 Å². The maximum atomic E-state index is 15.1. The number of sulfonamides is 1. The number of carboxylic acid groups (broad SMARTS) is 1. The molecular formula is C36H54N4O9S. The topological polar surface area (TPSA) is 186 Å². The number of carbonyl (C=O) groups excluding carboxylic acids is 3. The molecule has 4 bridgehead atoms. The van der Waals surface area contributed by atoms with Crippen LogP contribution >= 0.6 is 0 Å². The summed E-state index contributed by atoms with van der Waals surface area (Å²) in [7, 11) is -1.33. The molecule has 4 aliphatic carbocycles. The van der Waals surface area contributed by atoms with E-state index in [0.29, 0.717) is 62.7 Å². The molecule has 3 atom stereocenters. The van der Waals surface area contributed by atoms with Crippen molar-refractivity contribution in [2.45, 2.75) is 114 Å². The number of aromatic carboxylic acids is 1. The van der Waals surface area contributed by atoms with Crippen LogP contribution in [0, 0.1) is 23.7 Å². The summed E-state index contributed by atoms with van der Waals surface area (Å²) in [6.45, 7) is 4.25. The highest BCUT2D eigenvalue weighted by Gasteiger charge is 2.62. The molecule has 1 aliphatic heterocycles. The van der Waals surface area contributed by atoms with Crippen LogP contribution in [-0.4, -0.2) is 103 Å². The molecule has 5 aliphatic rings. The molecule has 50 heavy (non-hydrogen) atoms. The van der Waals surface area contributed by atoms with Gasteiger partial charge >= 0.3 is 5.97 Å². The Labute approximate surface area is 295 Å². The van der Waals surface area contributed by atoms with Crippen molar-refractivity contribution < 1.29 is 42.2 Å². The number of benzene rings is 1. The number of nitrogens with one attached hydrogen (secondary N) is 1. The highest BCUT2D eigenvalue weighted by molar-refractivity contribution is 7.91. The Balaban J connectivity index is 1.28. The lowest BCUT2D eigenvalue weighted by atomic mass is 9.56. The Morgan fingerprint density at radius 2 is 1.58 bits per heavy atom. The summed E-state index contributed by atoms with van der Waals surface area (Å²) in [4.78, 5) is 54.0. The second-order valence-corrected chi connectivity index (χ2v) is 17.4. The average molecular weight is 719 g/mol. The van der Waals surface area contributed by atoms with Crippen LogP contribution in [0.5, 0.6) is 0 Å². The molecule has 4 N–H and O–H groups in total. The van der Waals surface area contributed by atoms with E-state index in [-0.39, 0.29) is 36.6 Å². The zero-order valence-electron chi connectivity index (χ0n) is 29.7. The lowest BCUT2D eigenvalue weighted by molar-refractivity contribution is -0.162. The molecule has 5 fully saturated rings. The lowest BCUT2D eigenvalue weighted by Crippen LogP contribution is -2.66. The Morgan fingerprint density at radius 3 is 2.12 bits per heavy atom. The third kappa shape index (κ3) is 7.44. The van der Waals surface area contributed by atoms with Crippen molar-refractivity contribution in [1.82, 2.24) is 14.5 Å². The number of methoxy groups -OCH3 is 2. The number of nitrogens with zero attached hydrogens (tertiary/aromatic N) is 2. The second-order valence-electron chi connectivity index (χ2n) is 15.2. The first kappa shape index (κ1) is 38.2. The van der Waals surface area contributed by atoms with Gasteiger partial charge in [-0.05, 0) is 106 Å². The Morgan fingerprint density at radius 1 is 1.00 bits per heavy atom. The molecule has 1 heterocycles. The van der Waals surface area contributed by atoms with Gasteiger partial charge in [-0.1, -0.05) is 26.0 Å². The number of carboxylic acids is 1. The maximum Gasteiger partial charge on any atom is 0.336 e. The fraction of sp³-hybridized carbons (Fsp3) is 0.722. The Bertz CT molecular complexity index is 1490. The molecule has 14 heteroatoms. The average Bonchev–Trinajstić information content (AvgIpc) is 3.57. The summed E-state index contributed by atoms with van der Waals surface area (Å²) in [5.74, 6) is -2.06. The van der Waals surface area contributed by atoms with Crippen molar-refractivity contribution in [3.8, 4) is 0 Å². The van der Waals surface area contributed by atoms with Crippen LogP contribution in [0.15, 0.2) is 24.3 Å². The standard InChI is InChI=1S/C36H54N4O9S/c1-22(2)30(35(48-3)49-4)40(50(46,47)36-19-23-16-24(20-36)18-25(17-23)21-36)33(43)29-13-9-15-39(29)32(42)28(37)12-7-8-14-38-31(41)26-10-5-6-11-27(26)34(44)45/h5-6,10-11,22-25,28-30,35H,7-9,12-21,37H2,1-4H3,(H,38,41)(H,44,45)/t23?,24?,25?,28-,29-,30-,36?/m0/s1. The molecule has 1 saturated heterocycles. The van der Waals surface area contributed by atoms with Crippen molar-refractivity contribution >= 4 is 33.7 Å². The van der Waals surface area contributed by atoms with Crippen molar-refractivity contribution in [2.75, 3.05) is 27.3 Å². The smallest absolute Gasteiger partial charge is 0.336 e. The molecule has 4 saturated carbocycles. The monoisotopic (exact) mass is 718 g/mol. The molecule has 3 amide bonds. The van der Waals surface area contributed by atoms with Crippen LogP contribution in [0.25, 0.3) is 0 Å². The predicted octanol–water partition coefficient (Wildman–Crippen LogP) is 3.37. The molecule has 6 rings (SSSR count). The normalized spacial score (nSPS) is 27.1. The summed E-state index contributed by atoms with van der Waals surface area (Å²) in [5.41, 5.74) is 6.36. The van der Waals surface area contributed by atoms with Gasteiger partial charge in [-0.3, -0.25) is 14.4 Å². The molecule has 0 spiro atoms. The van der Waals surface area contributed by atoms with E-state index in [0.717, 1.165) is 23.6 Å². The Kier molecular flexibility index (Phi) is 12.0. The molecule has 278 valence electrons. The Hall–Kier alpha value is -3.07. The van der Waals surface area contributed by atoms with Gasteiger partial charge in [0.1, 0.15) is 12.1 Å². The van der Waals surface area contributed by atoms with E-state index in [9.17, 15) is 24.3 Å². The van der Waals surface area contributed by atoms with Crippen molar-refractivity contribution in [1.29, 1.82) is 0 Å². The van der Waals surface area contributed by atoms with E-state index in [1.807, 2.05) is 13.8 Å². The maximum absolute atomic E-state index is 15.1. The molecule has 1 aromatic carbocycles. The van der Waals surface area contributed by atoms with E-state index < -0.39 is 62.9 Å². The van der Waals surface area contributed by atoms with Crippen LogP contribution in [-0.2, 0) is 29.1 Å². The number of unbranched alkanes of at least 4 members (excludes halogenated alkanes) is 1. The third-order valence-corrected chi connectivity index (χ3v) is 14.0. The zero-order chi connectivity index (χ0) is 36.4. The molecule has 0 radical (unpaired) electrons. The zero-order valence-corrected chi connectivity index (χ0v) is 30.5. The number of likely N-dealkylation sites (tertiary alicyclic amines) is 1. The lowest BCUT2D eigenvalue weighted by Gasteiger charge is -2.57. The van der Waals surface area contributed by atoms with Crippen LogP contribution in [0.2, 0.25) is 0 Å². The highest BCUT2D eigenvalue weighted by atomic mass is 32.2. The minimum atomic E-state index is -4.20. The fourth-order valence-corrected chi connectivity index (χ4v) is 12.3. The fourth-order valence-electron chi connectivity index (χ4n) is 9.48. The third-order valence-electron chi connectivity index (χ3n) is 11.5. The SMILES string of the molecule is COC(OC)[C@H](C(C)C)N(C(=O)[C@@H]1CCCN1C(=O)[C@@H](N)CCCCNC(=O)c1ccccc1C(=O)O)S(=O)(=O)C12CC3CC(CC(C3)C1)C2. The van der Waals surface area contributed by atoms with Gasteiger partial charge in [-0.2, -0.15) is 0 Å². The molecule has 0 unspecified atom stereocenters. The van der Waals surface area contributed by atoms with Crippen LogP contribution in [0.3, 0.4) is 0 Å². The largest absolute Gasteiger partial charge is 0.478 e. The molecule has 13 nitrogen and oxygen atoms in total. The van der Waals surface area contributed by atoms with Gasteiger partial charge in [0.25, 0.3) is 11.8 Å². The van der Waals surface area contributed by atoms with Crippen molar-refractivity contribution in [2.24, 2.45) is 29.4 Å². The van der Waals surface area contributed by atoms with Gasteiger partial charge in [0.05, 0.1) is 21.9 Å². The number of hydrogen-bond donors (Lipinski definition) is 3. The predicted molar refractivity (Wildman–Crippen MR) is 185 cm³/mol. The molecule has 0 aromatic heterocycles. The minimum Gasteiger partial charge on any atom is -0.478 e. The second kappa shape index (κ2) is 15.7. The first-order valence-corrected chi connectivity index (χ1v) is 19.5. The molecule has 1 aromatic rings. The number of carbonyl (C=O) groups is 4. The van der Waals surface area contributed by atoms with E-state index >= 15 is 8.42 Å². The number of amides is 3. The summed E-state index contributed by atoms with van der Waals surface area (Å²) < 4.78 is 41.5. The van der Waals surface area contributed by atoms with Gasteiger partial charge in [-0.15, -0.1) is 0 Å². The summed E-state index contributed by atoms with van der Waals surface area (Å²) >= 11 is 0. The number of ether oxygens (including phenoxy) is 2. The quantitative estimate of drug-likeness (QED) is 0.169. The van der Waals surface area contributed by atoms with Crippen LogP contribution in [0.4, 0.5) is 0 Å². The van der Waals surface area contributed by atoms with Crippen molar-refractivity contribution in [3.05, 3.63) is 35.4 Å². The van der Waals surface area contributed by atoms with E-state index in [1.54, 1.807) is 12.1 Å². The number of rotatable bonds is 16. The number of hydrogen-bond acceptors (Lipinski definition) is 9. The van der Waals surface area contributed by atoms with E-state index in [4.69, 9.17) is 15.2 Å². The van der Waals surface area contributed by atoms with Gasteiger partial charge < -0.3 is 30.5 Å². The van der Waals surface area contributed by atoms with E-state index in [2.05, 4.69) is 5.32 Å². The van der Waals surface area contributed by atoms with Gasteiger partial charge in [-0.25, -0.2) is 17.5 Å². The molecular weight excluding hydrogens is 664 g/mol. The minimum absolute atomic E-state index is 0.0675. The van der Waals surface area contributed by atoms with Gasteiger partial charge in [0, 0.05) is 27.3 Å². The first-order valence-electron chi connectivity index (χ1n) is 18.0. The highest BCUT2D eigenvalue weighted by Crippen LogP contribution is 2.59. The summed E-state index contributed by atoms with van der Waals surface area (Å²) in [6.07, 6.45) is 5.91. The summed E-state index contributed by atoms with van der Waals surface area (Å²) in [5, 5.41) is 12.1. The first-order chi connectivity index (χ1) is 23.7.